The molecule has 0 bridgehead atoms. The fraction of sp³-hybridized carbons (Fsp3) is 0.688. The molecule has 0 unspecified atom stereocenters. The second-order valence-electron chi connectivity index (χ2n) is 5.93. The van der Waals surface area contributed by atoms with Crippen LogP contribution in [0.1, 0.15) is 46.0 Å². The molecule has 4 nitrogen and oxygen atoms in total. The first kappa shape index (κ1) is 14.9. The van der Waals surface area contributed by atoms with Crippen molar-refractivity contribution in [1.82, 2.24) is 5.32 Å². The van der Waals surface area contributed by atoms with Gasteiger partial charge in [-0.15, -0.1) is 0 Å². The number of esters is 1. The van der Waals surface area contributed by atoms with Crippen LogP contribution in [0.25, 0.3) is 0 Å². The molecule has 110 valence electrons. The molecule has 1 saturated carbocycles. The second kappa shape index (κ2) is 6.27. The van der Waals surface area contributed by atoms with Crippen LogP contribution in [-0.4, -0.2) is 19.0 Å². The number of hydrogen-bond donors (Lipinski definition) is 1. The molecule has 0 aromatic heterocycles. The van der Waals surface area contributed by atoms with Crippen LogP contribution >= 0.6 is 0 Å². The summed E-state index contributed by atoms with van der Waals surface area (Å²) in [4.78, 5) is 23.6. The van der Waals surface area contributed by atoms with Crippen molar-refractivity contribution in [2.45, 2.75) is 46.0 Å². The van der Waals surface area contributed by atoms with Crippen LogP contribution in [0.15, 0.2) is 17.0 Å². The van der Waals surface area contributed by atoms with Gasteiger partial charge >= 0.3 is 5.97 Å². The quantitative estimate of drug-likeness (QED) is 0.634. The number of nitrogens with one attached hydrogen (secondary N) is 1. The molecule has 1 fully saturated rings. The average molecular weight is 277 g/mol. The van der Waals surface area contributed by atoms with Crippen molar-refractivity contribution >= 4 is 11.9 Å². The van der Waals surface area contributed by atoms with E-state index >= 15 is 0 Å². The van der Waals surface area contributed by atoms with Crippen LogP contribution in [0, 0.1) is 17.8 Å². The number of amides is 1. The molecule has 3 atom stereocenters. The number of ether oxygens (including phenoxy) is 1. The smallest absolute Gasteiger partial charge is 0.342 e. The Hall–Kier alpha value is -1.54. The zero-order chi connectivity index (χ0) is 14.7. The lowest BCUT2D eigenvalue weighted by atomic mass is 9.73. The Labute approximate surface area is 120 Å². The van der Waals surface area contributed by atoms with Crippen molar-refractivity contribution in [1.29, 1.82) is 0 Å². The van der Waals surface area contributed by atoms with Gasteiger partial charge in [-0.2, -0.15) is 0 Å². The SMILES string of the molecule is CC[C@@H]1CC[C@@H](C)C[C@H]1C(=O)NC1=C=C(C(=O)OC)C1. The van der Waals surface area contributed by atoms with Gasteiger partial charge in [-0.05, 0) is 24.7 Å². The lowest BCUT2D eigenvalue weighted by molar-refractivity contribution is -0.136. The van der Waals surface area contributed by atoms with Crippen molar-refractivity contribution in [3.05, 3.63) is 17.0 Å². The van der Waals surface area contributed by atoms with Crippen LogP contribution in [0.5, 0.6) is 0 Å². The first-order chi connectivity index (χ1) is 9.55. The second-order valence-corrected chi connectivity index (χ2v) is 5.93. The van der Waals surface area contributed by atoms with Gasteiger partial charge in [-0.25, -0.2) is 4.79 Å². The van der Waals surface area contributed by atoms with Crippen LogP contribution in [0.2, 0.25) is 0 Å². The van der Waals surface area contributed by atoms with Crippen molar-refractivity contribution < 1.29 is 14.3 Å². The molecule has 4 heteroatoms. The molecule has 0 aromatic carbocycles. The third kappa shape index (κ3) is 3.13. The molecule has 20 heavy (non-hydrogen) atoms. The average Bonchev–Trinajstić information content (AvgIpc) is 2.41. The Morgan fingerprint density at radius 1 is 1.40 bits per heavy atom. The lowest BCUT2D eigenvalue weighted by Crippen LogP contribution is -2.38. The highest BCUT2D eigenvalue weighted by Gasteiger charge is 2.33. The van der Waals surface area contributed by atoms with Gasteiger partial charge in [0, 0.05) is 12.3 Å². The molecule has 0 radical (unpaired) electrons. The zero-order valence-corrected chi connectivity index (χ0v) is 12.5. The lowest BCUT2D eigenvalue weighted by Gasteiger charge is -2.33. The summed E-state index contributed by atoms with van der Waals surface area (Å²) in [5, 5.41) is 2.92. The molecule has 0 aromatic rings. The summed E-state index contributed by atoms with van der Waals surface area (Å²) in [5.74, 6) is 0.928. The molecule has 1 amide bonds. The predicted octanol–water partition coefficient (Wildman–Crippen LogP) is 2.55. The van der Waals surface area contributed by atoms with Crippen LogP contribution in [-0.2, 0) is 14.3 Å². The van der Waals surface area contributed by atoms with Gasteiger partial charge in [0.1, 0.15) is 0 Å². The number of carbonyl (C=O) groups excluding carboxylic acids is 2. The maximum Gasteiger partial charge on any atom is 0.342 e. The van der Waals surface area contributed by atoms with Gasteiger partial charge in [0.15, 0.2) is 0 Å². The molecular formula is C16H23NO3. The van der Waals surface area contributed by atoms with E-state index in [1.165, 1.54) is 13.5 Å². The zero-order valence-electron chi connectivity index (χ0n) is 12.5. The molecule has 0 heterocycles. The van der Waals surface area contributed by atoms with Gasteiger partial charge in [0.05, 0.1) is 18.4 Å². The third-order valence-electron chi connectivity index (χ3n) is 4.48. The summed E-state index contributed by atoms with van der Waals surface area (Å²) in [5.41, 5.74) is 4.09. The summed E-state index contributed by atoms with van der Waals surface area (Å²) < 4.78 is 4.61. The minimum Gasteiger partial charge on any atom is -0.465 e. The summed E-state index contributed by atoms with van der Waals surface area (Å²) in [6, 6.07) is 0. The fourth-order valence-corrected chi connectivity index (χ4v) is 3.16. The Balaban J connectivity index is 1.98. The Bertz CT molecular complexity index is 474. The van der Waals surface area contributed by atoms with Crippen LogP contribution < -0.4 is 5.32 Å². The molecule has 0 saturated heterocycles. The van der Waals surface area contributed by atoms with E-state index in [4.69, 9.17) is 0 Å². The van der Waals surface area contributed by atoms with E-state index in [-0.39, 0.29) is 17.8 Å². The van der Waals surface area contributed by atoms with E-state index in [0.717, 1.165) is 19.3 Å². The maximum atomic E-state index is 12.4. The van der Waals surface area contributed by atoms with E-state index in [2.05, 4.69) is 29.6 Å². The maximum absolute atomic E-state index is 12.4. The van der Waals surface area contributed by atoms with Crippen LogP contribution in [0.3, 0.4) is 0 Å². The third-order valence-corrected chi connectivity index (χ3v) is 4.48. The van der Waals surface area contributed by atoms with Gasteiger partial charge < -0.3 is 10.1 Å². The highest BCUT2D eigenvalue weighted by molar-refractivity contribution is 5.91. The van der Waals surface area contributed by atoms with Crippen molar-refractivity contribution in [2.24, 2.45) is 17.8 Å². The minimum atomic E-state index is -0.360. The number of hydrogen-bond acceptors (Lipinski definition) is 3. The molecule has 2 aliphatic carbocycles. The highest BCUT2D eigenvalue weighted by atomic mass is 16.5. The summed E-state index contributed by atoms with van der Waals surface area (Å²) >= 11 is 0. The Morgan fingerprint density at radius 3 is 2.70 bits per heavy atom. The largest absolute Gasteiger partial charge is 0.465 e. The van der Waals surface area contributed by atoms with Crippen LogP contribution in [0.4, 0.5) is 0 Å². The molecule has 0 aliphatic heterocycles. The van der Waals surface area contributed by atoms with Gasteiger partial charge in [-0.1, -0.05) is 32.4 Å². The summed E-state index contributed by atoms with van der Waals surface area (Å²) in [6.45, 7) is 4.36. The minimum absolute atomic E-state index is 0.0924. The van der Waals surface area contributed by atoms with Gasteiger partial charge in [-0.3, -0.25) is 4.79 Å². The number of methoxy groups -OCH3 is 1. The van der Waals surface area contributed by atoms with Gasteiger partial charge in [0.2, 0.25) is 5.91 Å². The highest BCUT2D eigenvalue weighted by Crippen LogP contribution is 2.36. The topological polar surface area (TPSA) is 55.4 Å². The van der Waals surface area contributed by atoms with E-state index < -0.39 is 0 Å². The molecule has 2 rings (SSSR count). The monoisotopic (exact) mass is 277 g/mol. The number of carbonyl (C=O) groups is 2. The first-order valence-corrected chi connectivity index (χ1v) is 7.43. The number of rotatable bonds is 4. The first-order valence-electron chi connectivity index (χ1n) is 7.43. The summed E-state index contributed by atoms with van der Waals surface area (Å²) in [7, 11) is 1.35. The van der Waals surface area contributed by atoms with E-state index in [0.29, 0.717) is 29.5 Å². The fourth-order valence-electron chi connectivity index (χ4n) is 3.16. The van der Waals surface area contributed by atoms with E-state index in [1.807, 2.05) is 0 Å². The van der Waals surface area contributed by atoms with Crippen molar-refractivity contribution in [3.8, 4) is 0 Å². The van der Waals surface area contributed by atoms with Gasteiger partial charge in [0.25, 0.3) is 0 Å². The normalized spacial score (nSPS) is 28.9. The summed E-state index contributed by atoms with van der Waals surface area (Å²) in [6.07, 6.45) is 4.82. The molecule has 1 N–H and O–H groups in total. The Morgan fingerprint density at radius 2 is 2.10 bits per heavy atom. The molecule has 2 aliphatic rings. The Kier molecular flexibility index (Phi) is 4.66. The molecule has 0 spiro atoms. The standard InChI is InChI=1S/C16H23NO3/c1-4-11-6-5-10(2)7-14(11)15(18)17-13-8-12(9-13)16(19)20-3/h10-11,14H,4-8H2,1-3H3,(H,17,18)/t10-,11-,14-/m1/s1. The van der Waals surface area contributed by atoms with Crippen molar-refractivity contribution in [2.75, 3.05) is 7.11 Å². The van der Waals surface area contributed by atoms with E-state index in [9.17, 15) is 9.59 Å². The predicted molar refractivity (Wildman–Crippen MR) is 75.6 cm³/mol. The van der Waals surface area contributed by atoms with E-state index in [1.54, 1.807) is 0 Å². The molecular weight excluding hydrogens is 254 g/mol. The van der Waals surface area contributed by atoms with Crippen molar-refractivity contribution in [3.63, 3.8) is 0 Å².